The molecule has 0 aromatic heterocycles. The summed E-state index contributed by atoms with van der Waals surface area (Å²) < 4.78 is 25.1. The lowest BCUT2D eigenvalue weighted by molar-refractivity contribution is -0.0277. The second-order valence-electron chi connectivity index (χ2n) is 5.26. The van der Waals surface area contributed by atoms with Crippen molar-refractivity contribution in [2.45, 2.75) is 25.7 Å². The van der Waals surface area contributed by atoms with Crippen LogP contribution in [0.4, 0.5) is 4.39 Å². The van der Waals surface area contributed by atoms with Crippen LogP contribution in [0, 0.1) is 5.82 Å². The van der Waals surface area contributed by atoms with E-state index >= 15 is 0 Å². The van der Waals surface area contributed by atoms with Crippen molar-refractivity contribution in [2.24, 2.45) is 0 Å². The molecule has 0 heterocycles. The fourth-order valence-corrected chi connectivity index (χ4v) is 2.40. The van der Waals surface area contributed by atoms with Crippen molar-refractivity contribution in [1.82, 2.24) is 5.32 Å². The molecule has 23 heavy (non-hydrogen) atoms. The zero-order valence-corrected chi connectivity index (χ0v) is 13.5. The quantitative estimate of drug-likeness (QED) is 0.741. The van der Waals surface area contributed by atoms with Gasteiger partial charge in [-0.15, -0.1) is 0 Å². The van der Waals surface area contributed by atoms with Crippen molar-refractivity contribution in [2.75, 3.05) is 7.11 Å². The number of hydrogen-bond acceptors (Lipinski definition) is 3. The van der Waals surface area contributed by atoms with Gasteiger partial charge in [0.2, 0.25) is 0 Å². The normalized spacial score (nSPS) is 13.2. The monoisotopic (exact) mass is 315 g/mol. The molecule has 0 fully saturated rings. The molecule has 0 aliphatic rings. The molecule has 2 aromatic rings. The first kappa shape index (κ1) is 17.0. The van der Waals surface area contributed by atoms with Gasteiger partial charge < -0.3 is 14.8 Å². The molecule has 2 atom stereocenters. The summed E-state index contributed by atoms with van der Waals surface area (Å²) in [5.74, 6) is 0.123. The highest BCUT2D eigenvalue weighted by Gasteiger charge is 2.23. The maximum atomic E-state index is 13.9. The molecule has 0 radical (unpaired) electrons. The lowest BCUT2D eigenvalue weighted by Crippen LogP contribution is -2.25. The molecule has 0 saturated carbocycles. The summed E-state index contributed by atoms with van der Waals surface area (Å²) in [6, 6.07) is 16.5. The van der Waals surface area contributed by atoms with Crippen LogP contribution in [0.2, 0.25) is 0 Å². The van der Waals surface area contributed by atoms with Gasteiger partial charge in [-0.2, -0.15) is 0 Å². The van der Waals surface area contributed by atoms with Crippen LogP contribution in [0.25, 0.3) is 0 Å². The van der Waals surface area contributed by atoms with Crippen LogP contribution in [0.1, 0.15) is 24.2 Å². The van der Waals surface area contributed by atoms with Crippen LogP contribution in [0.3, 0.4) is 0 Å². The van der Waals surface area contributed by atoms with E-state index in [1.807, 2.05) is 37.3 Å². The molecule has 3 nitrogen and oxygen atoms in total. The average Bonchev–Trinajstić information content (AvgIpc) is 2.56. The Morgan fingerprint density at radius 3 is 2.43 bits per heavy atom. The average molecular weight is 315 g/mol. The van der Waals surface area contributed by atoms with E-state index in [1.165, 1.54) is 13.2 Å². The Morgan fingerprint density at radius 2 is 1.78 bits per heavy atom. The minimum absolute atomic E-state index is 0.308. The summed E-state index contributed by atoms with van der Waals surface area (Å²) >= 11 is 0. The van der Waals surface area contributed by atoms with E-state index in [2.05, 4.69) is 11.9 Å². The molecule has 2 aromatic carbocycles. The molecular formula is C19H22FNO2. The first-order chi connectivity index (χ1) is 11.1. The zero-order valence-electron chi connectivity index (χ0n) is 13.5. The molecule has 122 valence electrons. The van der Waals surface area contributed by atoms with Gasteiger partial charge in [0.1, 0.15) is 18.0 Å². The second kappa shape index (κ2) is 8.34. The van der Waals surface area contributed by atoms with Crippen LogP contribution in [-0.2, 0) is 16.0 Å². The predicted octanol–water partition coefficient (Wildman–Crippen LogP) is 4.18. The van der Waals surface area contributed by atoms with Gasteiger partial charge in [0.15, 0.2) is 5.88 Å². The Morgan fingerprint density at radius 1 is 1.13 bits per heavy atom. The summed E-state index contributed by atoms with van der Waals surface area (Å²) in [6.45, 7) is 6.30. The number of hydrogen-bond donors (Lipinski definition) is 1. The summed E-state index contributed by atoms with van der Waals surface area (Å²) in [5.41, 5.74) is 1.60. The third kappa shape index (κ3) is 4.83. The molecule has 0 saturated heterocycles. The van der Waals surface area contributed by atoms with Crippen LogP contribution in [0.15, 0.2) is 67.1 Å². The van der Waals surface area contributed by atoms with E-state index < -0.39 is 6.10 Å². The van der Waals surface area contributed by atoms with Crippen molar-refractivity contribution in [3.63, 3.8) is 0 Å². The SMILES string of the molecule is C=C(NCc1ccccc1)O[C@@H](C)[C@@H](OC)c1ccccc1F. The molecule has 0 bridgehead atoms. The molecule has 4 heteroatoms. The number of rotatable bonds is 8. The van der Waals surface area contributed by atoms with E-state index in [1.54, 1.807) is 18.2 Å². The van der Waals surface area contributed by atoms with Crippen molar-refractivity contribution in [3.8, 4) is 0 Å². The van der Waals surface area contributed by atoms with Gasteiger partial charge in [-0.3, -0.25) is 0 Å². The fourth-order valence-electron chi connectivity index (χ4n) is 2.40. The van der Waals surface area contributed by atoms with Crippen LogP contribution >= 0.6 is 0 Å². The van der Waals surface area contributed by atoms with E-state index in [0.717, 1.165) is 5.56 Å². The lowest BCUT2D eigenvalue weighted by atomic mass is 10.0. The summed E-state index contributed by atoms with van der Waals surface area (Å²) in [5, 5.41) is 3.11. The first-order valence-electron chi connectivity index (χ1n) is 7.52. The molecular weight excluding hydrogens is 293 g/mol. The summed E-state index contributed by atoms with van der Waals surface area (Å²) in [7, 11) is 1.54. The van der Waals surface area contributed by atoms with Gasteiger partial charge in [-0.05, 0) is 25.1 Å². The van der Waals surface area contributed by atoms with E-state index in [4.69, 9.17) is 9.47 Å². The van der Waals surface area contributed by atoms with Crippen molar-refractivity contribution < 1.29 is 13.9 Å². The predicted molar refractivity (Wildman–Crippen MR) is 89.1 cm³/mol. The molecule has 0 unspecified atom stereocenters. The Balaban J connectivity index is 1.92. The number of methoxy groups -OCH3 is 1. The van der Waals surface area contributed by atoms with Gasteiger partial charge >= 0.3 is 0 Å². The number of halogens is 1. The van der Waals surface area contributed by atoms with Gasteiger partial charge in [0.05, 0.1) is 0 Å². The maximum Gasteiger partial charge on any atom is 0.179 e. The third-order valence-electron chi connectivity index (χ3n) is 3.55. The van der Waals surface area contributed by atoms with Gasteiger partial charge in [-0.1, -0.05) is 48.5 Å². The summed E-state index contributed by atoms with van der Waals surface area (Å²) in [4.78, 5) is 0. The minimum Gasteiger partial charge on any atom is -0.474 e. The number of benzene rings is 2. The van der Waals surface area contributed by atoms with Crippen molar-refractivity contribution >= 4 is 0 Å². The Kier molecular flexibility index (Phi) is 6.18. The molecule has 0 spiro atoms. The number of nitrogens with one attached hydrogen (secondary N) is 1. The topological polar surface area (TPSA) is 30.5 Å². The van der Waals surface area contributed by atoms with Crippen LogP contribution in [-0.4, -0.2) is 13.2 Å². The van der Waals surface area contributed by atoms with Crippen molar-refractivity contribution in [3.05, 3.63) is 84.0 Å². The first-order valence-corrected chi connectivity index (χ1v) is 7.52. The molecule has 0 amide bonds. The highest BCUT2D eigenvalue weighted by molar-refractivity contribution is 5.21. The maximum absolute atomic E-state index is 13.9. The highest BCUT2D eigenvalue weighted by atomic mass is 19.1. The number of ether oxygens (including phenoxy) is 2. The van der Waals surface area contributed by atoms with Crippen LogP contribution in [0.5, 0.6) is 0 Å². The molecule has 2 rings (SSSR count). The standard InChI is InChI=1S/C19H22FNO2/c1-14(19(22-3)17-11-7-8-12-18(17)20)23-15(2)21-13-16-9-5-4-6-10-16/h4-12,14,19,21H,2,13H2,1,3H3/t14-,19+/m0/s1. The fraction of sp³-hybridized carbons (Fsp3) is 0.263. The molecule has 0 aliphatic heterocycles. The van der Waals surface area contributed by atoms with E-state index in [9.17, 15) is 4.39 Å². The van der Waals surface area contributed by atoms with Gasteiger partial charge in [-0.25, -0.2) is 4.39 Å². The highest BCUT2D eigenvalue weighted by Crippen LogP contribution is 2.25. The van der Waals surface area contributed by atoms with Gasteiger partial charge in [0.25, 0.3) is 0 Å². The molecule has 1 N–H and O–H groups in total. The third-order valence-corrected chi connectivity index (χ3v) is 3.55. The Hall–Kier alpha value is -2.33. The largest absolute Gasteiger partial charge is 0.474 e. The Bertz CT molecular complexity index is 630. The van der Waals surface area contributed by atoms with Gasteiger partial charge in [0, 0.05) is 19.2 Å². The minimum atomic E-state index is -0.508. The van der Waals surface area contributed by atoms with E-state index in [-0.39, 0.29) is 11.9 Å². The Labute approximate surface area is 136 Å². The summed E-state index contributed by atoms with van der Waals surface area (Å²) in [6.07, 6.45) is -0.890. The lowest BCUT2D eigenvalue weighted by Gasteiger charge is -2.25. The van der Waals surface area contributed by atoms with Crippen molar-refractivity contribution in [1.29, 1.82) is 0 Å². The molecule has 0 aliphatic carbocycles. The smallest absolute Gasteiger partial charge is 0.179 e. The second-order valence-corrected chi connectivity index (χ2v) is 5.26. The zero-order chi connectivity index (χ0) is 16.7. The van der Waals surface area contributed by atoms with Crippen LogP contribution < -0.4 is 5.32 Å². The van der Waals surface area contributed by atoms with E-state index in [0.29, 0.717) is 18.0 Å².